The van der Waals surface area contributed by atoms with Gasteiger partial charge in [0.1, 0.15) is 0 Å². The van der Waals surface area contributed by atoms with Crippen molar-refractivity contribution in [2.75, 3.05) is 10.6 Å². The van der Waals surface area contributed by atoms with Gasteiger partial charge in [-0.3, -0.25) is 14.6 Å². The van der Waals surface area contributed by atoms with E-state index in [1.54, 1.807) is 42.6 Å². The molecule has 3 rings (SSSR count). The van der Waals surface area contributed by atoms with Crippen LogP contribution in [0.2, 0.25) is 5.02 Å². The third-order valence-electron chi connectivity index (χ3n) is 3.85. The largest absolute Gasteiger partial charge is 0.326 e. The van der Waals surface area contributed by atoms with Crippen LogP contribution in [0.3, 0.4) is 0 Å². The molecule has 2 amide bonds. The van der Waals surface area contributed by atoms with E-state index in [9.17, 15) is 9.59 Å². The molecule has 0 bridgehead atoms. The lowest BCUT2D eigenvalue weighted by molar-refractivity contribution is -0.114. The summed E-state index contributed by atoms with van der Waals surface area (Å²) in [6.07, 6.45) is 1.62. The molecule has 3 aromatic rings. The number of fused-ring (bicyclic) bond motifs is 1. The molecule has 0 radical (unpaired) electrons. The number of nitrogens with one attached hydrogen (secondary N) is 2. The molecule has 0 spiro atoms. The van der Waals surface area contributed by atoms with Gasteiger partial charge in [0.15, 0.2) is 0 Å². The zero-order valence-electron chi connectivity index (χ0n) is 13.8. The summed E-state index contributed by atoms with van der Waals surface area (Å²) in [4.78, 5) is 28.3. The van der Waals surface area contributed by atoms with Gasteiger partial charge in [0.05, 0.1) is 16.1 Å². The molecule has 2 N–H and O–H groups in total. The summed E-state index contributed by atoms with van der Waals surface area (Å²) in [6.45, 7) is 3.27. The molecule has 0 aliphatic carbocycles. The van der Waals surface area contributed by atoms with Crippen LogP contribution in [-0.4, -0.2) is 16.8 Å². The Morgan fingerprint density at radius 2 is 1.72 bits per heavy atom. The predicted molar refractivity (Wildman–Crippen MR) is 100 cm³/mol. The molecule has 5 nitrogen and oxygen atoms in total. The topological polar surface area (TPSA) is 71.1 Å². The smallest absolute Gasteiger partial charge is 0.257 e. The lowest BCUT2D eigenvalue weighted by Crippen LogP contribution is -2.15. The number of hydrogen-bond acceptors (Lipinski definition) is 3. The van der Waals surface area contributed by atoms with E-state index in [0.29, 0.717) is 27.5 Å². The van der Waals surface area contributed by atoms with Crippen LogP contribution in [0, 0.1) is 6.92 Å². The van der Waals surface area contributed by atoms with Gasteiger partial charge >= 0.3 is 0 Å². The highest BCUT2D eigenvalue weighted by molar-refractivity contribution is 6.36. The number of pyridine rings is 1. The average molecular weight is 354 g/mol. The van der Waals surface area contributed by atoms with Crippen LogP contribution in [0.4, 0.5) is 11.4 Å². The van der Waals surface area contributed by atoms with Gasteiger partial charge in [0.2, 0.25) is 5.91 Å². The summed E-state index contributed by atoms with van der Waals surface area (Å²) >= 11 is 6.18. The highest BCUT2D eigenvalue weighted by Crippen LogP contribution is 2.27. The Labute approximate surface area is 150 Å². The number of benzene rings is 2. The summed E-state index contributed by atoms with van der Waals surface area (Å²) < 4.78 is 0. The fraction of sp³-hybridized carbons (Fsp3) is 0.105. The summed E-state index contributed by atoms with van der Waals surface area (Å²) in [5.74, 6) is -0.456. The third-order valence-corrected chi connectivity index (χ3v) is 4.18. The van der Waals surface area contributed by atoms with Crippen LogP contribution in [-0.2, 0) is 4.79 Å². The number of aromatic nitrogens is 1. The number of amides is 2. The van der Waals surface area contributed by atoms with Crippen LogP contribution in [0.25, 0.3) is 10.9 Å². The Bertz CT molecular complexity index is 986. The zero-order chi connectivity index (χ0) is 18.0. The molecular formula is C19H16ClN3O2. The van der Waals surface area contributed by atoms with Gasteiger partial charge in [-0.2, -0.15) is 0 Å². The van der Waals surface area contributed by atoms with E-state index < -0.39 is 0 Å². The van der Waals surface area contributed by atoms with E-state index in [2.05, 4.69) is 15.6 Å². The monoisotopic (exact) mass is 353 g/mol. The van der Waals surface area contributed by atoms with Crippen molar-refractivity contribution >= 4 is 45.7 Å². The first-order valence-corrected chi connectivity index (χ1v) is 8.07. The number of carbonyl (C=O) groups is 2. The first-order chi connectivity index (χ1) is 12.0. The maximum Gasteiger partial charge on any atom is 0.257 e. The molecule has 1 aromatic heterocycles. The van der Waals surface area contributed by atoms with E-state index >= 15 is 0 Å². The zero-order valence-corrected chi connectivity index (χ0v) is 14.5. The van der Waals surface area contributed by atoms with Gasteiger partial charge in [-0.15, -0.1) is 0 Å². The van der Waals surface area contributed by atoms with E-state index in [0.717, 1.165) is 10.9 Å². The number of hydrogen-bond donors (Lipinski definition) is 2. The first kappa shape index (κ1) is 16.9. The van der Waals surface area contributed by atoms with Crippen LogP contribution >= 0.6 is 11.6 Å². The Morgan fingerprint density at radius 1 is 1.00 bits per heavy atom. The second-order valence-corrected chi connectivity index (χ2v) is 6.02. The summed E-state index contributed by atoms with van der Waals surface area (Å²) in [5.41, 5.74) is 3.03. The molecule has 0 atom stereocenters. The van der Waals surface area contributed by atoms with E-state index in [4.69, 9.17) is 11.6 Å². The fourth-order valence-electron chi connectivity index (χ4n) is 2.61. The average Bonchev–Trinajstić information content (AvgIpc) is 2.58. The minimum Gasteiger partial charge on any atom is -0.326 e. The van der Waals surface area contributed by atoms with Crippen LogP contribution in [0.5, 0.6) is 0 Å². The minimum atomic E-state index is -0.288. The maximum atomic E-state index is 12.7. The molecule has 1 heterocycles. The number of carbonyl (C=O) groups excluding carboxylic acids is 2. The van der Waals surface area contributed by atoms with E-state index in [1.807, 2.05) is 13.0 Å². The highest BCUT2D eigenvalue weighted by atomic mass is 35.5. The lowest BCUT2D eigenvalue weighted by atomic mass is 10.1. The lowest BCUT2D eigenvalue weighted by Gasteiger charge is -2.13. The molecule has 0 unspecified atom stereocenters. The first-order valence-electron chi connectivity index (χ1n) is 7.69. The molecule has 25 heavy (non-hydrogen) atoms. The molecule has 0 saturated carbocycles. The van der Waals surface area contributed by atoms with Gasteiger partial charge in [0.25, 0.3) is 5.91 Å². The molecule has 6 heteroatoms. The molecule has 2 aromatic carbocycles. The van der Waals surface area contributed by atoms with Crippen molar-refractivity contribution in [1.82, 2.24) is 4.98 Å². The maximum absolute atomic E-state index is 12.7. The van der Waals surface area contributed by atoms with Gasteiger partial charge < -0.3 is 10.6 Å². The number of nitrogens with zero attached hydrogens (tertiary/aromatic N) is 1. The van der Waals surface area contributed by atoms with E-state index in [-0.39, 0.29) is 11.8 Å². The molecule has 0 aliphatic rings. The van der Waals surface area contributed by atoms with Gasteiger partial charge in [-0.25, -0.2) is 0 Å². The number of anilines is 2. The van der Waals surface area contributed by atoms with Gasteiger partial charge in [-0.05, 0) is 48.9 Å². The SMILES string of the molecule is CC(=O)Nc1cccc(NC(=O)c2ccc(Cl)c3cccnc23)c1C. The molecular weight excluding hydrogens is 338 g/mol. The quantitative estimate of drug-likeness (QED) is 0.732. The predicted octanol–water partition coefficient (Wildman–Crippen LogP) is 4.41. The van der Waals surface area contributed by atoms with Crippen LogP contribution in [0.15, 0.2) is 48.7 Å². The Hall–Kier alpha value is -2.92. The van der Waals surface area contributed by atoms with Gasteiger partial charge in [0, 0.05) is 29.9 Å². The molecule has 126 valence electrons. The van der Waals surface area contributed by atoms with Gasteiger partial charge in [-0.1, -0.05) is 17.7 Å². The Kier molecular flexibility index (Phi) is 4.67. The molecule has 0 fully saturated rings. The van der Waals surface area contributed by atoms with E-state index in [1.165, 1.54) is 6.92 Å². The van der Waals surface area contributed by atoms with Crippen LogP contribution < -0.4 is 10.6 Å². The molecule has 0 aliphatic heterocycles. The minimum absolute atomic E-state index is 0.167. The standard InChI is InChI=1S/C19H16ClN3O2/c1-11-16(22-12(2)24)6-3-7-17(11)23-19(25)14-8-9-15(20)13-5-4-10-21-18(13)14/h3-10H,1-2H3,(H,22,24)(H,23,25). The van der Waals surface area contributed by atoms with Crippen molar-refractivity contribution in [2.24, 2.45) is 0 Å². The normalized spacial score (nSPS) is 10.5. The second kappa shape index (κ2) is 6.91. The summed E-state index contributed by atoms with van der Waals surface area (Å²) in [5, 5.41) is 6.89. The van der Waals surface area contributed by atoms with Crippen molar-refractivity contribution in [3.63, 3.8) is 0 Å². The van der Waals surface area contributed by atoms with Crippen molar-refractivity contribution < 1.29 is 9.59 Å². The highest BCUT2D eigenvalue weighted by Gasteiger charge is 2.15. The van der Waals surface area contributed by atoms with Crippen molar-refractivity contribution in [2.45, 2.75) is 13.8 Å². The Morgan fingerprint density at radius 3 is 2.44 bits per heavy atom. The second-order valence-electron chi connectivity index (χ2n) is 5.61. The fourth-order valence-corrected chi connectivity index (χ4v) is 2.82. The summed E-state index contributed by atoms with van der Waals surface area (Å²) in [7, 11) is 0. The number of halogens is 1. The van der Waals surface area contributed by atoms with Crippen molar-refractivity contribution in [1.29, 1.82) is 0 Å². The third kappa shape index (κ3) is 3.46. The number of rotatable bonds is 3. The van der Waals surface area contributed by atoms with Crippen LogP contribution in [0.1, 0.15) is 22.8 Å². The Balaban J connectivity index is 1.96. The summed E-state index contributed by atoms with van der Waals surface area (Å²) in [6, 6.07) is 12.3. The van der Waals surface area contributed by atoms with Crippen molar-refractivity contribution in [3.05, 3.63) is 64.8 Å². The van der Waals surface area contributed by atoms with Crippen molar-refractivity contribution in [3.8, 4) is 0 Å². The molecule has 0 saturated heterocycles.